The highest BCUT2D eigenvalue weighted by molar-refractivity contribution is 6.00. The summed E-state index contributed by atoms with van der Waals surface area (Å²) in [5.74, 6) is -2.52. The molecule has 0 radical (unpaired) electrons. The summed E-state index contributed by atoms with van der Waals surface area (Å²) >= 11 is 0. The van der Waals surface area contributed by atoms with E-state index in [0.29, 0.717) is 5.56 Å². The number of hydrogen-bond acceptors (Lipinski definition) is 7. The first-order valence-corrected chi connectivity index (χ1v) is 6.18. The second kappa shape index (κ2) is 9.56. The zero-order valence-electron chi connectivity index (χ0n) is 12.4. The van der Waals surface area contributed by atoms with Crippen molar-refractivity contribution in [2.75, 3.05) is 41.7 Å². The summed E-state index contributed by atoms with van der Waals surface area (Å²) in [5.41, 5.74) is 0.362. The van der Waals surface area contributed by atoms with E-state index in [0.717, 1.165) is 0 Å². The summed E-state index contributed by atoms with van der Waals surface area (Å²) in [4.78, 5) is 12.6. The van der Waals surface area contributed by atoms with E-state index >= 15 is 0 Å². The van der Waals surface area contributed by atoms with E-state index < -0.39 is 11.8 Å². The number of benzene rings is 1. The van der Waals surface area contributed by atoms with Gasteiger partial charge in [0.1, 0.15) is 0 Å². The number of methoxy groups -OCH3 is 3. The molecule has 0 aliphatic carbocycles. The van der Waals surface area contributed by atoms with E-state index in [-0.39, 0.29) is 20.4 Å². The van der Waals surface area contributed by atoms with E-state index in [2.05, 4.69) is 0 Å². The Balaban J connectivity index is 3.02. The molecule has 0 saturated heterocycles. The Morgan fingerprint density at radius 2 is 1.29 bits per heavy atom. The minimum atomic E-state index is -2.00. The zero-order chi connectivity index (χ0) is 15.6. The van der Waals surface area contributed by atoms with Gasteiger partial charge >= 0.3 is 5.97 Å². The van der Waals surface area contributed by atoms with Crippen LogP contribution in [0.15, 0.2) is 30.3 Å². The maximum Gasteiger partial charge on any atom is 0.357 e. The van der Waals surface area contributed by atoms with Gasteiger partial charge in [-0.3, -0.25) is 19.0 Å². The fourth-order valence-corrected chi connectivity index (χ4v) is 1.50. The van der Waals surface area contributed by atoms with Crippen molar-refractivity contribution in [3.63, 3.8) is 0 Å². The fraction of sp³-hybridized carbons (Fsp3) is 0.500. The second-order valence-corrected chi connectivity index (χ2v) is 3.90. The number of carbonyl (C=O) groups excluding carboxylic acids is 1. The highest BCUT2D eigenvalue weighted by Gasteiger charge is 2.44. The minimum absolute atomic E-state index is 0.202. The average Bonchev–Trinajstić information content (AvgIpc) is 2.55. The van der Waals surface area contributed by atoms with Gasteiger partial charge in [0.15, 0.2) is 20.4 Å². The number of carbonyl (C=O) groups is 1. The van der Waals surface area contributed by atoms with Crippen molar-refractivity contribution in [3.8, 4) is 0 Å². The molecule has 0 unspecified atom stereocenters. The Morgan fingerprint density at radius 1 is 0.857 bits per heavy atom. The monoisotopic (exact) mass is 300 g/mol. The molecule has 1 rings (SSSR count). The fourth-order valence-electron chi connectivity index (χ4n) is 1.50. The quantitative estimate of drug-likeness (QED) is 0.451. The first kappa shape index (κ1) is 17.7. The number of rotatable bonds is 11. The smallest absolute Gasteiger partial charge is 0.357 e. The van der Waals surface area contributed by atoms with E-state index in [9.17, 15) is 4.79 Å². The third-order valence-electron chi connectivity index (χ3n) is 2.41. The Kier molecular flexibility index (Phi) is 8.06. The molecule has 0 spiro atoms. The lowest BCUT2D eigenvalue weighted by Gasteiger charge is -2.30. The topological polar surface area (TPSA) is 72.5 Å². The van der Waals surface area contributed by atoms with Crippen LogP contribution in [0.3, 0.4) is 0 Å². The van der Waals surface area contributed by atoms with Gasteiger partial charge in [0.25, 0.3) is 5.78 Å². The van der Waals surface area contributed by atoms with Crippen LogP contribution >= 0.6 is 0 Å². The molecule has 0 atom stereocenters. The first-order chi connectivity index (χ1) is 10.2. The lowest BCUT2D eigenvalue weighted by Crippen LogP contribution is -2.48. The summed E-state index contributed by atoms with van der Waals surface area (Å²) < 4.78 is 30.5. The Hall–Kier alpha value is -1.35. The molecule has 0 N–H and O–H groups in total. The maximum atomic E-state index is 12.6. The number of ketones is 1. The van der Waals surface area contributed by atoms with Gasteiger partial charge in [-0.2, -0.15) is 0 Å². The van der Waals surface area contributed by atoms with Crippen molar-refractivity contribution < 1.29 is 33.2 Å². The Morgan fingerprint density at radius 3 is 1.67 bits per heavy atom. The summed E-state index contributed by atoms with van der Waals surface area (Å²) in [6, 6.07) is 8.49. The van der Waals surface area contributed by atoms with Crippen molar-refractivity contribution in [1.82, 2.24) is 0 Å². The lowest BCUT2D eigenvalue weighted by atomic mass is 10.1. The molecule has 1 aromatic rings. The standard InChI is InChI=1S/C14H20O7/c1-16-9-19-14(20-10-17-2,21-11-18-3)13(15)12-7-5-4-6-8-12/h4-8H,9-11H2,1-3H3. The van der Waals surface area contributed by atoms with Crippen molar-refractivity contribution >= 4 is 5.78 Å². The van der Waals surface area contributed by atoms with Crippen LogP contribution in [0.2, 0.25) is 0 Å². The van der Waals surface area contributed by atoms with E-state index in [4.69, 9.17) is 28.4 Å². The third kappa shape index (κ3) is 5.16. The minimum Gasteiger partial charge on any atom is -0.358 e. The van der Waals surface area contributed by atoms with Crippen LogP contribution in [0.5, 0.6) is 0 Å². The average molecular weight is 300 g/mol. The van der Waals surface area contributed by atoms with Crippen LogP contribution in [-0.4, -0.2) is 53.5 Å². The summed E-state index contributed by atoms with van der Waals surface area (Å²) in [7, 11) is 4.26. The molecule has 21 heavy (non-hydrogen) atoms. The molecule has 0 aliphatic rings. The van der Waals surface area contributed by atoms with Crippen LogP contribution in [0.1, 0.15) is 10.4 Å². The van der Waals surface area contributed by atoms with Gasteiger partial charge in [-0.05, 0) is 0 Å². The van der Waals surface area contributed by atoms with Crippen molar-refractivity contribution in [2.24, 2.45) is 0 Å². The van der Waals surface area contributed by atoms with E-state index in [1.165, 1.54) is 21.3 Å². The highest BCUT2D eigenvalue weighted by Crippen LogP contribution is 2.22. The van der Waals surface area contributed by atoms with E-state index in [1.54, 1.807) is 30.3 Å². The van der Waals surface area contributed by atoms with Gasteiger partial charge in [0.2, 0.25) is 0 Å². The molecule has 0 fully saturated rings. The van der Waals surface area contributed by atoms with Gasteiger partial charge in [-0.25, -0.2) is 0 Å². The van der Waals surface area contributed by atoms with Gasteiger partial charge in [0.05, 0.1) is 0 Å². The van der Waals surface area contributed by atoms with Gasteiger partial charge in [0, 0.05) is 26.9 Å². The van der Waals surface area contributed by atoms with Crippen molar-refractivity contribution in [2.45, 2.75) is 5.97 Å². The SMILES string of the molecule is COCOC(OCOC)(OCOC)C(=O)c1ccccc1. The van der Waals surface area contributed by atoms with Crippen LogP contribution in [0.4, 0.5) is 0 Å². The second-order valence-electron chi connectivity index (χ2n) is 3.90. The van der Waals surface area contributed by atoms with Crippen LogP contribution in [-0.2, 0) is 28.4 Å². The molecule has 7 nitrogen and oxygen atoms in total. The third-order valence-corrected chi connectivity index (χ3v) is 2.41. The number of hydrogen-bond donors (Lipinski definition) is 0. The predicted octanol–water partition coefficient (Wildman–Crippen LogP) is 1.38. The highest BCUT2D eigenvalue weighted by atomic mass is 16.9. The van der Waals surface area contributed by atoms with Gasteiger partial charge in [-0.15, -0.1) is 0 Å². The lowest BCUT2D eigenvalue weighted by molar-refractivity contribution is -0.390. The Bertz CT molecular complexity index is 385. The van der Waals surface area contributed by atoms with Crippen LogP contribution in [0, 0.1) is 0 Å². The molecule has 0 bridgehead atoms. The summed E-state index contributed by atoms with van der Waals surface area (Å²) in [6.45, 7) is -0.607. The Labute approximate surface area is 123 Å². The normalized spacial score (nSPS) is 11.6. The van der Waals surface area contributed by atoms with Crippen LogP contribution in [0.25, 0.3) is 0 Å². The van der Waals surface area contributed by atoms with E-state index in [1.807, 2.05) is 0 Å². The van der Waals surface area contributed by atoms with Crippen LogP contribution < -0.4 is 0 Å². The van der Waals surface area contributed by atoms with Gasteiger partial charge < -0.3 is 14.2 Å². The molecule has 1 aromatic carbocycles. The van der Waals surface area contributed by atoms with Crippen molar-refractivity contribution in [3.05, 3.63) is 35.9 Å². The largest absolute Gasteiger partial charge is 0.358 e. The molecular weight excluding hydrogens is 280 g/mol. The molecular formula is C14H20O7. The zero-order valence-corrected chi connectivity index (χ0v) is 12.4. The first-order valence-electron chi connectivity index (χ1n) is 6.18. The molecule has 7 heteroatoms. The number of Topliss-reactive ketones (excluding diaryl/α,β-unsaturated/α-hetero) is 1. The predicted molar refractivity (Wildman–Crippen MR) is 72.4 cm³/mol. The molecule has 0 heterocycles. The van der Waals surface area contributed by atoms with Crippen molar-refractivity contribution in [1.29, 1.82) is 0 Å². The summed E-state index contributed by atoms with van der Waals surface area (Å²) in [5, 5.41) is 0. The summed E-state index contributed by atoms with van der Waals surface area (Å²) in [6.07, 6.45) is 0. The molecule has 0 aromatic heterocycles. The molecule has 0 aliphatic heterocycles. The number of ether oxygens (including phenoxy) is 6. The molecule has 118 valence electrons. The maximum absolute atomic E-state index is 12.6. The molecule has 0 saturated carbocycles. The van der Waals surface area contributed by atoms with Gasteiger partial charge in [-0.1, -0.05) is 30.3 Å². The molecule has 0 amide bonds.